The molecular weight excluding hydrogens is 284 g/mol. The van der Waals surface area contributed by atoms with Gasteiger partial charge in [-0.05, 0) is 25.0 Å². The zero-order valence-corrected chi connectivity index (χ0v) is 12.0. The summed E-state index contributed by atoms with van der Waals surface area (Å²) in [7, 11) is 0. The van der Waals surface area contributed by atoms with Crippen molar-refractivity contribution in [3.05, 3.63) is 0 Å². The van der Waals surface area contributed by atoms with Crippen molar-refractivity contribution >= 4 is 30.0 Å². The fourth-order valence-corrected chi connectivity index (χ4v) is 2.65. The van der Waals surface area contributed by atoms with Gasteiger partial charge in [0.15, 0.2) is 0 Å². The van der Waals surface area contributed by atoms with Crippen molar-refractivity contribution in [2.24, 2.45) is 0 Å². The van der Waals surface area contributed by atoms with E-state index in [-0.39, 0.29) is 11.9 Å². The quantitative estimate of drug-likeness (QED) is 0.396. The molecule has 3 N–H and O–H groups in total. The number of aliphatic carboxylic acids is 1. The van der Waals surface area contributed by atoms with Crippen molar-refractivity contribution in [1.29, 1.82) is 0 Å². The highest BCUT2D eigenvalue weighted by Gasteiger charge is 2.17. The Morgan fingerprint density at radius 2 is 2.10 bits per heavy atom. The van der Waals surface area contributed by atoms with E-state index in [9.17, 15) is 14.4 Å². The van der Waals surface area contributed by atoms with Gasteiger partial charge in [0.2, 0.25) is 12.3 Å². The molecule has 1 rings (SSSR count). The van der Waals surface area contributed by atoms with Crippen LogP contribution >= 0.6 is 11.8 Å². The summed E-state index contributed by atoms with van der Waals surface area (Å²) in [6, 6.07) is -0.709. The second kappa shape index (κ2) is 9.60. The SMILES string of the molecule is O=CNC(CCSCC(=O)NC1CCOCC1)C(=O)O. The predicted molar refractivity (Wildman–Crippen MR) is 74.5 cm³/mol. The Balaban J connectivity index is 2.11. The van der Waals surface area contributed by atoms with Gasteiger partial charge in [0, 0.05) is 19.3 Å². The van der Waals surface area contributed by atoms with Gasteiger partial charge < -0.3 is 20.5 Å². The highest BCUT2D eigenvalue weighted by atomic mass is 32.2. The first-order valence-electron chi connectivity index (χ1n) is 6.51. The van der Waals surface area contributed by atoms with Gasteiger partial charge in [-0.25, -0.2) is 4.79 Å². The van der Waals surface area contributed by atoms with Gasteiger partial charge in [-0.15, -0.1) is 0 Å². The molecule has 0 aromatic rings. The summed E-state index contributed by atoms with van der Waals surface area (Å²) in [6.07, 6.45) is 2.34. The molecule has 1 fully saturated rings. The zero-order chi connectivity index (χ0) is 14.8. The van der Waals surface area contributed by atoms with Crippen molar-refractivity contribution in [1.82, 2.24) is 10.6 Å². The Morgan fingerprint density at radius 3 is 2.70 bits per heavy atom. The van der Waals surface area contributed by atoms with Gasteiger partial charge >= 0.3 is 5.97 Å². The number of hydrogen-bond acceptors (Lipinski definition) is 5. The van der Waals surface area contributed by atoms with Gasteiger partial charge in [0.1, 0.15) is 6.04 Å². The third-order valence-corrected chi connectivity index (χ3v) is 3.93. The molecule has 0 bridgehead atoms. The number of rotatable bonds is 9. The van der Waals surface area contributed by atoms with Crippen molar-refractivity contribution < 1.29 is 24.2 Å². The predicted octanol–water partition coefficient (Wildman–Crippen LogP) is -0.396. The molecule has 1 aliphatic heterocycles. The smallest absolute Gasteiger partial charge is 0.326 e. The van der Waals surface area contributed by atoms with Crippen LogP contribution in [0.2, 0.25) is 0 Å². The van der Waals surface area contributed by atoms with Crippen molar-refractivity contribution in [2.45, 2.75) is 31.3 Å². The van der Waals surface area contributed by atoms with Crippen molar-refractivity contribution in [3.8, 4) is 0 Å². The van der Waals surface area contributed by atoms with E-state index in [0.717, 1.165) is 12.8 Å². The minimum Gasteiger partial charge on any atom is -0.480 e. The van der Waals surface area contributed by atoms with Crippen LogP contribution in [0.15, 0.2) is 0 Å². The lowest BCUT2D eigenvalue weighted by Crippen LogP contribution is -2.40. The van der Waals surface area contributed by atoms with Crippen LogP contribution in [0.4, 0.5) is 0 Å². The largest absolute Gasteiger partial charge is 0.480 e. The summed E-state index contributed by atoms with van der Waals surface area (Å²) in [5, 5.41) is 14.0. The number of carbonyl (C=O) groups is 3. The normalized spacial score (nSPS) is 17.2. The lowest BCUT2D eigenvalue weighted by Gasteiger charge is -2.23. The van der Waals surface area contributed by atoms with Gasteiger partial charge in [-0.1, -0.05) is 0 Å². The summed E-state index contributed by atoms with van der Waals surface area (Å²) < 4.78 is 5.20. The Labute approximate surface area is 121 Å². The maximum atomic E-state index is 11.7. The number of thioether (sulfide) groups is 1. The first kappa shape index (κ1) is 16.8. The number of amides is 2. The lowest BCUT2D eigenvalue weighted by molar-refractivity contribution is -0.140. The molecule has 1 unspecified atom stereocenters. The van der Waals surface area contributed by atoms with Crippen LogP contribution in [0, 0.1) is 0 Å². The minimum atomic E-state index is -1.07. The average Bonchev–Trinajstić information content (AvgIpc) is 2.43. The molecule has 20 heavy (non-hydrogen) atoms. The molecule has 0 saturated carbocycles. The van der Waals surface area contributed by atoms with Gasteiger partial charge in [0.05, 0.1) is 5.75 Å². The number of carbonyl (C=O) groups excluding carboxylic acids is 2. The van der Waals surface area contributed by atoms with E-state index in [0.29, 0.717) is 37.6 Å². The second-order valence-electron chi connectivity index (χ2n) is 4.47. The van der Waals surface area contributed by atoms with Crippen LogP contribution in [-0.4, -0.2) is 60.2 Å². The summed E-state index contributed by atoms with van der Waals surface area (Å²) in [5.74, 6) is -0.314. The maximum Gasteiger partial charge on any atom is 0.326 e. The topological polar surface area (TPSA) is 105 Å². The van der Waals surface area contributed by atoms with E-state index in [1.807, 2.05) is 0 Å². The minimum absolute atomic E-state index is 0.0443. The molecular formula is C12H20N2O5S. The summed E-state index contributed by atoms with van der Waals surface area (Å²) in [4.78, 5) is 32.6. The van der Waals surface area contributed by atoms with E-state index < -0.39 is 12.0 Å². The summed E-state index contributed by atoms with van der Waals surface area (Å²) >= 11 is 1.36. The molecule has 1 aliphatic rings. The van der Waals surface area contributed by atoms with E-state index in [4.69, 9.17) is 9.84 Å². The van der Waals surface area contributed by atoms with Crippen molar-refractivity contribution in [3.63, 3.8) is 0 Å². The highest BCUT2D eigenvalue weighted by Crippen LogP contribution is 2.08. The van der Waals surface area contributed by atoms with E-state index >= 15 is 0 Å². The standard InChI is InChI=1S/C12H20N2O5S/c15-8-13-10(12(17)18)3-6-20-7-11(16)14-9-1-4-19-5-2-9/h8-10H,1-7H2,(H,13,15)(H,14,16)(H,17,18). The molecule has 0 aromatic heterocycles. The molecule has 114 valence electrons. The number of carboxylic acids is 1. The maximum absolute atomic E-state index is 11.7. The molecule has 8 heteroatoms. The van der Waals surface area contributed by atoms with E-state index in [2.05, 4.69) is 10.6 Å². The highest BCUT2D eigenvalue weighted by molar-refractivity contribution is 7.99. The number of carboxylic acid groups (broad SMARTS) is 1. The Bertz CT molecular complexity index is 334. The monoisotopic (exact) mass is 304 g/mol. The van der Waals surface area contributed by atoms with Gasteiger partial charge in [-0.3, -0.25) is 9.59 Å². The third kappa shape index (κ3) is 6.76. The van der Waals surface area contributed by atoms with Crippen LogP contribution < -0.4 is 10.6 Å². The van der Waals surface area contributed by atoms with Crippen LogP contribution in [0.1, 0.15) is 19.3 Å². The molecule has 2 amide bonds. The molecule has 1 heterocycles. The van der Waals surface area contributed by atoms with Crippen LogP contribution in [0.25, 0.3) is 0 Å². The number of nitrogens with one attached hydrogen (secondary N) is 2. The summed E-state index contributed by atoms with van der Waals surface area (Å²) in [5.41, 5.74) is 0. The molecule has 0 aliphatic carbocycles. The van der Waals surface area contributed by atoms with Crippen LogP contribution in [0.3, 0.4) is 0 Å². The number of ether oxygens (including phenoxy) is 1. The van der Waals surface area contributed by atoms with Gasteiger partial charge in [-0.2, -0.15) is 11.8 Å². The molecule has 7 nitrogen and oxygen atoms in total. The third-order valence-electron chi connectivity index (χ3n) is 2.94. The average molecular weight is 304 g/mol. The first-order valence-corrected chi connectivity index (χ1v) is 7.66. The van der Waals surface area contributed by atoms with Crippen LogP contribution in [0.5, 0.6) is 0 Å². The molecule has 1 atom stereocenters. The Kier molecular flexibility index (Phi) is 8.05. The fraction of sp³-hybridized carbons (Fsp3) is 0.750. The number of hydrogen-bond donors (Lipinski definition) is 3. The Hall–Kier alpha value is -1.28. The molecule has 1 saturated heterocycles. The van der Waals surface area contributed by atoms with E-state index in [1.165, 1.54) is 11.8 Å². The van der Waals surface area contributed by atoms with E-state index in [1.54, 1.807) is 0 Å². The lowest BCUT2D eigenvalue weighted by atomic mass is 10.1. The molecule has 0 radical (unpaired) electrons. The zero-order valence-electron chi connectivity index (χ0n) is 11.2. The summed E-state index contributed by atoms with van der Waals surface area (Å²) in [6.45, 7) is 1.35. The first-order chi connectivity index (χ1) is 9.63. The Morgan fingerprint density at radius 1 is 1.40 bits per heavy atom. The fourth-order valence-electron chi connectivity index (χ4n) is 1.84. The second-order valence-corrected chi connectivity index (χ2v) is 5.58. The molecule has 0 spiro atoms. The van der Waals surface area contributed by atoms with Crippen molar-refractivity contribution in [2.75, 3.05) is 24.7 Å². The van der Waals surface area contributed by atoms with Gasteiger partial charge in [0.25, 0.3) is 0 Å². The molecule has 0 aromatic carbocycles. The van der Waals surface area contributed by atoms with Crippen LogP contribution in [-0.2, 0) is 19.1 Å².